The summed E-state index contributed by atoms with van der Waals surface area (Å²) in [6.45, 7) is 3.90. The van der Waals surface area contributed by atoms with Gasteiger partial charge in [0, 0.05) is 34.6 Å². The maximum absolute atomic E-state index is 12.5. The van der Waals surface area contributed by atoms with E-state index in [2.05, 4.69) is 5.16 Å². The Labute approximate surface area is 132 Å². The second-order valence-electron chi connectivity index (χ2n) is 5.15. The van der Waals surface area contributed by atoms with E-state index >= 15 is 0 Å². The molecule has 0 saturated carbocycles. The molecule has 1 heterocycles. The molecular formula is C16H20N2O3S. The zero-order valence-electron chi connectivity index (χ0n) is 13.2. The van der Waals surface area contributed by atoms with Crippen LogP contribution in [0.1, 0.15) is 41.6 Å². The lowest BCUT2D eigenvalue weighted by molar-refractivity contribution is 0.0699. The molecule has 6 heteroatoms. The Morgan fingerprint density at radius 2 is 2.00 bits per heavy atom. The Bertz CT molecular complexity index is 679. The largest absolute Gasteiger partial charge is 0.351 e. The van der Waals surface area contributed by atoms with E-state index in [4.69, 9.17) is 4.52 Å². The van der Waals surface area contributed by atoms with Crippen molar-refractivity contribution in [1.29, 1.82) is 0 Å². The lowest BCUT2D eigenvalue weighted by Gasteiger charge is -2.24. The number of carbonyl (C=O) groups is 1. The average Bonchev–Trinajstić information content (AvgIpc) is 3.01. The van der Waals surface area contributed by atoms with E-state index in [0.29, 0.717) is 12.2 Å². The van der Waals surface area contributed by atoms with E-state index in [-0.39, 0.29) is 11.9 Å². The molecule has 0 aliphatic rings. The SMILES string of the molecule is CCc1cnoc1C(=O)N(C)C(C)c1ccc(S(C)=O)cc1. The Kier molecular flexibility index (Phi) is 5.13. The van der Waals surface area contributed by atoms with Crippen molar-refractivity contribution in [2.75, 3.05) is 13.3 Å². The van der Waals surface area contributed by atoms with Crippen LogP contribution < -0.4 is 0 Å². The van der Waals surface area contributed by atoms with Crippen molar-refractivity contribution in [3.8, 4) is 0 Å². The fourth-order valence-electron chi connectivity index (χ4n) is 2.19. The molecule has 0 bridgehead atoms. The molecule has 1 aromatic carbocycles. The van der Waals surface area contributed by atoms with Gasteiger partial charge in [0.1, 0.15) is 0 Å². The number of aryl methyl sites for hydroxylation is 1. The van der Waals surface area contributed by atoms with Crippen LogP contribution in [0.3, 0.4) is 0 Å². The molecule has 1 aromatic heterocycles. The predicted octanol–water partition coefficient (Wildman–Crippen LogP) is 2.81. The summed E-state index contributed by atoms with van der Waals surface area (Å²) in [5, 5.41) is 3.70. The van der Waals surface area contributed by atoms with E-state index in [1.807, 2.05) is 38.1 Å². The van der Waals surface area contributed by atoms with Crippen molar-refractivity contribution in [2.24, 2.45) is 0 Å². The maximum Gasteiger partial charge on any atom is 0.293 e. The van der Waals surface area contributed by atoms with Crippen LogP contribution in [0.15, 0.2) is 39.9 Å². The Balaban J connectivity index is 2.19. The standard InChI is InChI=1S/C16H20N2O3S/c1-5-12-10-17-21-15(12)16(19)18(3)11(2)13-6-8-14(9-7-13)22(4)20/h6-11H,5H2,1-4H3. The molecule has 0 aliphatic carbocycles. The second kappa shape index (κ2) is 6.87. The van der Waals surface area contributed by atoms with E-state index in [1.54, 1.807) is 24.4 Å². The van der Waals surface area contributed by atoms with Gasteiger partial charge >= 0.3 is 0 Å². The molecule has 0 radical (unpaired) electrons. The number of hydrogen-bond acceptors (Lipinski definition) is 4. The highest BCUT2D eigenvalue weighted by Gasteiger charge is 2.24. The smallest absolute Gasteiger partial charge is 0.293 e. The van der Waals surface area contributed by atoms with Gasteiger partial charge in [-0.1, -0.05) is 24.2 Å². The van der Waals surface area contributed by atoms with Gasteiger partial charge in [-0.2, -0.15) is 0 Å². The Morgan fingerprint density at radius 3 is 2.55 bits per heavy atom. The van der Waals surface area contributed by atoms with Crippen LogP contribution >= 0.6 is 0 Å². The highest BCUT2D eigenvalue weighted by atomic mass is 32.2. The van der Waals surface area contributed by atoms with Gasteiger partial charge in [0.05, 0.1) is 12.2 Å². The molecule has 2 rings (SSSR count). The number of rotatable bonds is 5. The topological polar surface area (TPSA) is 63.4 Å². The van der Waals surface area contributed by atoms with E-state index in [1.165, 1.54) is 0 Å². The van der Waals surface area contributed by atoms with Crippen LogP contribution in [0.2, 0.25) is 0 Å². The van der Waals surface area contributed by atoms with E-state index < -0.39 is 10.8 Å². The van der Waals surface area contributed by atoms with Crippen molar-refractivity contribution >= 4 is 16.7 Å². The summed E-state index contributed by atoms with van der Waals surface area (Å²) >= 11 is 0. The van der Waals surface area contributed by atoms with Crippen molar-refractivity contribution in [3.63, 3.8) is 0 Å². The van der Waals surface area contributed by atoms with E-state index in [0.717, 1.165) is 16.0 Å². The minimum Gasteiger partial charge on any atom is -0.351 e. The fourth-order valence-corrected chi connectivity index (χ4v) is 2.71. The summed E-state index contributed by atoms with van der Waals surface area (Å²) in [5.41, 5.74) is 1.78. The molecule has 0 saturated heterocycles. The first-order valence-corrected chi connectivity index (χ1v) is 8.65. The van der Waals surface area contributed by atoms with Gasteiger partial charge in [0.25, 0.3) is 5.91 Å². The third-order valence-electron chi connectivity index (χ3n) is 3.82. The van der Waals surface area contributed by atoms with Crippen molar-refractivity contribution < 1.29 is 13.5 Å². The highest BCUT2D eigenvalue weighted by molar-refractivity contribution is 7.84. The van der Waals surface area contributed by atoms with Gasteiger partial charge in [-0.3, -0.25) is 9.00 Å². The summed E-state index contributed by atoms with van der Waals surface area (Å²) in [6.07, 6.45) is 3.92. The Morgan fingerprint density at radius 1 is 1.36 bits per heavy atom. The molecule has 2 aromatic rings. The number of hydrogen-bond donors (Lipinski definition) is 0. The third-order valence-corrected chi connectivity index (χ3v) is 4.75. The molecule has 1 amide bonds. The molecule has 0 fully saturated rings. The summed E-state index contributed by atoms with van der Waals surface area (Å²) in [6, 6.07) is 7.32. The number of nitrogens with zero attached hydrogens (tertiary/aromatic N) is 2. The minimum absolute atomic E-state index is 0.123. The van der Waals surface area contributed by atoms with Crippen molar-refractivity contribution in [1.82, 2.24) is 10.1 Å². The molecule has 2 unspecified atom stereocenters. The summed E-state index contributed by atoms with van der Waals surface area (Å²) in [7, 11) is 0.735. The predicted molar refractivity (Wildman–Crippen MR) is 85.2 cm³/mol. The first-order chi connectivity index (χ1) is 10.5. The van der Waals surface area contributed by atoms with Gasteiger partial charge in [-0.15, -0.1) is 0 Å². The molecule has 118 valence electrons. The monoisotopic (exact) mass is 320 g/mol. The van der Waals surface area contributed by atoms with Gasteiger partial charge in [0.2, 0.25) is 5.76 Å². The summed E-state index contributed by atoms with van der Waals surface area (Å²) in [5.74, 6) is 0.105. The summed E-state index contributed by atoms with van der Waals surface area (Å²) in [4.78, 5) is 14.9. The zero-order valence-corrected chi connectivity index (χ0v) is 14.0. The third kappa shape index (κ3) is 3.27. The molecule has 0 aliphatic heterocycles. The molecule has 5 nitrogen and oxygen atoms in total. The van der Waals surface area contributed by atoms with Gasteiger partial charge in [0.15, 0.2) is 0 Å². The quantitative estimate of drug-likeness (QED) is 0.850. The van der Waals surface area contributed by atoms with Crippen LogP contribution in [-0.2, 0) is 17.2 Å². The first-order valence-electron chi connectivity index (χ1n) is 7.09. The first kappa shape index (κ1) is 16.4. The van der Waals surface area contributed by atoms with Crippen molar-refractivity contribution in [2.45, 2.75) is 31.2 Å². The van der Waals surface area contributed by atoms with Gasteiger partial charge < -0.3 is 9.42 Å². The van der Waals surface area contributed by atoms with Crippen molar-refractivity contribution in [3.05, 3.63) is 47.3 Å². The van der Waals surface area contributed by atoms with Crippen LogP contribution in [0.4, 0.5) is 0 Å². The zero-order chi connectivity index (χ0) is 16.3. The van der Waals surface area contributed by atoms with E-state index in [9.17, 15) is 9.00 Å². The van der Waals surface area contributed by atoms with Gasteiger partial charge in [-0.05, 0) is 31.0 Å². The van der Waals surface area contributed by atoms with Crippen LogP contribution in [0.5, 0.6) is 0 Å². The normalized spacial score (nSPS) is 13.6. The molecule has 2 atom stereocenters. The highest BCUT2D eigenvalue weighted by Crippen LogP contribution is 2.23. The minimum atomic E-state index is -1.00. The lowest BCUT2D eigenvalue weighted by atomic mass is 10.1. The number of carbonyl (C=O) groups excluding carboxylic acids is 1. The molecule has 0 spiro atoms. The van der Waals surface area contributed by atoms with Crippen LogP contribution in [0.25, 0.3) is 0 Å². The van der Waals surface area contributed by atoms with Crippen LogP contribution in [-0.4, -0.2) is 33.5 Å². The number of aromatic nitrogens is 1. The maximum atomic E-state index is 12.5. The lowest BCUT2D eigenvalue weighted by Crippen LogP contribution is -2.30. The number of benzene rings is 1. The molecule has 0 N–H and O–H groups in total. The van der Waals surface area contributed by atoms with Gasteiger partial charge in [-0.25, -0.2) is 0 Å². The summed E-state index contributed by atoms with van der Waals surface area (Å²) < 4.78 is 16.5. The Hall–Kier alpha value is -1.95. The average molecular weight is 320 g/mol. The number of amides is 1. The molecular weight excluding hydrogens is 300 g/mol. The molecule has 22 heavy (non-hydrogen) atoms. The fraction of sp³-hybridized carbons (Fsp3) is 0.375. The second-order valence-corrected chi connectivity index (χ2v) is 6.53. The van der Waals surface area contributed by atoms with Crippen LogP contribution in [0, 0.1) is 0 Å².